The number of aryl methyl sites for hydroxylation is 2. The number of hydrogen-bond donors (Lipinski definition) is 1. The standard InChI is InChI=1S/C26H22FN5O2S/c1-15-12-22(17(3)32(15)19-10-8-18(27)9-11-19)23-14-35-26(28-23)29-24(33)13-31-25(34)21-7-5-4-6-20(21)16(2)30-31/h4-12,14H,13H2,1-3H3,(H,28,29,33). The van der Waals surface area contributed by atoms with Gasteiger partial charge in [-0.1, -0.05) is 18.2 Å². The number of amides is 1. The van der Waals surface area contributed by atoms with Crippen LogP contribution in [0.5, 0.6) is 0 Å². The maximum absolute atomic E-state index is 13.4. The summed E-state index contributed by atoms with van der Waals surface area (Å²) in [4.78, 5) is 30.0. The Kier molecular flexibility index (Phi) is 5.78. The lowest BCUT2D eigenvalue weighted by atomic mass is 10.1. The lowest BCUT2D eigenvalue weighted by Gasteiger charge is -2.09. The third-order valence-electron chi connectivity index (χ3n) is 5.89. The van der Waals surface area contributed by atoms with Crippen LogP contribution in [0.4, 0.5) is 9.52 Å². The van der Waals surface area contributed by atoms with Gasteiger partial charge in [0, 0.05) is 33.4 Å². The molecule has 0 spiro atoms. The van der Waals surface area contributed by atoms with Gasteiger partial charge in [-0.3, -0.25) is 9.59 Å². The highest BCUT2D eigenvalue weighted by molar-refractivity contribution is 7.14. The van der Waals surface area contributed by atoms with E-state index >= 15 is 0 Å². The van der Waals surface area contributed by atoms with Crippen LogP contribution < -0.4 is 10.9 Å². The molecule has 3 heterocycles. The van der Waals surface area contributed by atoms with Gasteiger partial charge in [-0.25, -0.2) is 14.1 Å². The Labute approximate surface area is 204 Å². The summed E-state index contributed by atoms with van der Waals surface area (Å²) < 4.78 is 16.6. The zero-order valence-corrected chi connectivity index (χ0v) is 20.2. The molecule has 0 unspecified atom stereocenters. The van der Waals surface area contributed by atoms with Crippen molar-refractivity contribution in [3.05, 3.63) is 93.2 Å². The molecule has 1 amide bonds. The van der Waals surface area contributed by atoms with Gasteiger partial charge < -0.3 is 9.88 Å². The number of nitrogens with zero attached hydrogens (tertiary/aromatic N) is 4. The number of fused-ring (bicyclic) bond motifs is 1. The first-order valence-corrected chi connectivity index (χ1v) is 11.9. The molecule has 7 nitrogen and oxygen atoms in total. The third-order valence-corrected chi connectivity index (χ3v) is 6.65. The summed E-state index contributed by atoms with van der Waals surface area (Å²) in [6, 6.07) is 15.6. The van der Waals surface area contributed by atoms with Crippen LogP contribution in [0.1, 0.15) is 17.1 Å². The van der Waals surface area contributed by atoms with E-state index in [2.05, 4.69) is 15.4 Å². The van der Waals surface area contributed by atoms with E-state index in [1.54, 1.807) is 24.3 Å². The minimum absolute atomic E-state index is 0.210. The zero-order valence-electron chi connectivity index (χ0n) is 19.4. The quantitative estimate of drug-likeness (QED) is 0.378. The van der Waals surface area contributed by atoms with E-state index < -0.39 is 0 Å². The molecule has 1 N–H and O–H groups in total. The molecule has 176 valence electrons. The second-order valence-corrected chi connectivity index (χ2v) is 9.13. The van der Waals surface area contributed by atoms with E-state index in [1.807, 2.05) is 48.9 Å². The molecule has 0 aliphatic rings. The Bertz CT molecular complexity index is 1630. The molecule has 35 heavy (non-hydrogen) atoms. The molecule has 0 saturated carbocycles. The lowest BCUT2D eigenvalue weighted by molar-refractivity contribution is -0.117. The van der Waals surface area contributed by atoms with Crippen LogP contribution in [0.2, 0.25) is 0 Å². The molecule has 0 aliphatic heterocycles. The maximum Gasteiger partial charge on any atom is 0.275 e. The van der Waals surface area contributed by atoms with Crippen LogP contribution in [-0.2, 0) is 11.3 Å². The van der Waals surface area contributed by atoms with Crippen LogP contribution in [0, 0.1) is 26.6 Å². The van der Waals surface area contributed by atoms with E-state index in [0.717, 1.165) is 33.7 Å². The maximum atomic E-state index is 13.4. The van der Waals surface area contributed by atoms with E-state index in [-0.39, 0.29) is 23.8 Å². The van der Waals surface area contributed by atoms with Gasteiger partial charge in [0.2, 0.25) is 5.91 Å². The number of hydrogen-bond acceptors (Lipinski definition) is 5. The molecule has 5 aromatic rings. The minimum Gasteiger partial charge on any atom is -0.318 e. The summed E-state index contributed by atoms with van der Waals surface area (Å²) in [7, 11) is 0. The first-order valence-electron chi connectivity index (χ1n) is 11.0. The van der Waals surface area contributed by atoms with Gasteiger partial charge in [0.05, 0.1) is 16.8 Å². The van der Waals surface area contributed by atoms with Crippen molar-refractivity contribution in [2.24, 2.45) is 0 Å². The Morgan fingerprint density at radius 1 is 1.06 bits per heavy atom. The monoisotopic (exact) mass is 487 g/mol. The Balaban J connectivity index is 1.37. The van der Waals surface area contributed by atoms with Gasteiger partial charge >= 0.3 is 0 Å². The smallest absolute Gasteiger partial charge is 0.275 e. The number of benzene rings is 2. The minimum atomic E-state index is -0.382. The predicted octanol–water partition coefficient (Wildman–Crippen LogP) is 5.01. The first kappa shape index (κ1) is 22.7. The number of carbonyl (C=O) groups is 1. The van der Waals surface area contributed by atoms with Crippen LogP contribution in [-0.4, -0.2) is 25.2 Å². The highest BCUT2D eigenvalue weighted by atomic mass is 32.1. The van der Waals surface area contributed by atoms with Crippen molar-refractivity contribution in [3.63, 3.8) is 0 Å². The van der Waals surface area contributed by atoms with Crippen molar-refractivity contribution in [2.75, 3.05) is 5.32 Å². The summed E-state index contributed by atoms with van der Waals surface area (Å²) in [5.41, 5.74) is 4.82. The van der Waals surface area contributed by atoms with E-state index in [0.29, 0.717) is 16.2 Å². The molecule has 0 fully saturated rings. The second-order valence-electron chi connectivity index (χ2n) is 8.28. The molecule has 0 saturated heterocycles. The van der Waals surface area contributed by atoms with Gasteiger partial charge in [-0.2, -0.15) is 5.10 Å². The highest BCUT2D eigenvalue weighted by Gasteiger charge is 2.17. The molecule has 9 heteroatoms. The van der Waals surface area contributed by atoms with Gasteiger partial charge in [0.25, 0.3) is 5.56 Å². The molecule has 3 aromatic heterocycles. The summed E-state index contributed by atoms with van der Waals surface area (Å²) in [6.45, 7) is 5.55. The van der Waals surface area contributed by atoms with Crippen LogP contribution in [0.25, 0.3) is 27.7 Å². The Morgan fingerprint density at radius 3 is 2.51 bits per heavy atom. The van der Waals surface area contributed by atoms with Gasteiger partial charge in [-0.05, 0) is 57.2 Å². The molecule has 0 radical (unpaired) electrons. The number of rotatable bonds is 5. The van der Waals surface area contributed by atoms with Crippen molar-refractivity contribution >= 4 is 33.1 Å². The average Bonchev–Trinajstić information content (AvgIpc) is 3.41. The van der Waals surface area contributed by atoms with E-state index in [9.17, 15) is 14.0 Å². The predicted molar refractivity (Wildman–Crippen MR) is 136 cm³/mol. The number of thiazole rings is 1. The molecule has 2 aromatic carbocycles. The van der Waals surface area contributed by atoms with Crippen molar-refractivity contribution < 1.29 is 9.18 Å². The molecule has 5 rings (SSSR count). The molecular weight excluding hydrogens is 465 g/mol. The van der Waals surface area contributed by atoms with E-state index in [4.69, 9.17) is 0 Å². The number of nitrogens with one attached hydrogen (secondary N) is 1. The average molecular weight is 488 g/mol. The summed E-state index contributed by atoms with van der Waals surface area (Å²) in [5.74, 6) is -0.667. The van der Waals surface area contributed by atoms with E-state index in [1.165, 1.54) is 28.2 Å². The van der Waals surface area contributed by atoms with Crippen LogP contribution in [0.3, 0.4) is 0 Å². The summed E-state index contributed by atoms with van der Waals surface area (Å²) >= 11 is 1.31. The molecule has 0 atom stereocenters. The molecule has 0 aliphatic carbocycles. The number of aromatic nitrogens is 4. The highest BCUT2D eigenvalue weighted by Crippen LogP contribution is 2.31. The van der Waals surface area contributed by atoms with Crippen molar-refractivity contribution in [1.82, 2.24) is 19.3 Å². The van der Waals surface area contributed by atoms with Gasteiger partial charge in [0.1, 0.15) is 12.4 Å². The van der Waals surface area contributed by atoms with Crippen molar-refractivity contribution in [3.8, 4) is 16.9 Å². The van der Waals surface area contributed by atoms with Crippen molar-refractivity contribution in [2.45, 2.75) is 27.3 Å². The number of anilines is 1. The Hall–Kier alpha value is -4.11. The zero-order chi connectivity index (χ0) is 24.7. The van der Waals surface area contributed by atoms with Crippen molar-refractivity contribution in [1.29, 1.82) is 0 Å². The fraction of sp³-hybridized carbons (Fsp3) is 0.154. The normalized spacial score (nSPS) is 11.2. The second kappa shape index (κ2) is 8.92. The van der Waals surface area contributed by atoms with Gasteiger partial charge in [0.15, 0.2) is 5.13 Å². The number of carbonyl (C=O) groups excluding carboxylic acids is 1. The van der Waals surface area contributed by atoms with Crippen LogP contribution in [0.15, 0.2) is 64.8 Å². The SMILES string of the molecule is Cc1nn(CC(=O)Nc2nc(-c3cc(C)n(-c4ccc(F)cc4)c3C)cs2)c(=O)c2ccccc12. The Morgan fingerprint density at radius 2 is 1.77 bits per heavy atom. The summed E-state index contributed by atoms with van der Waals surface area (Å²) in [6.07, 6.45) is 0. The first-order chi connectivity index (χ1) is 16.8. The summed E-state index contributed by atoms with van der Waals surface area (Å²) in [5, 5.41) is 10.7. The largest absolute Gasteiger partial charge is 0.318 e. The van der Waals surface area contributed by atoms with Gasteiger partial charge in [-0.15, -0.1) is 11.3 Å². The molecular formula is C26H22FN5O2S. The van der Waals surface area contributed by atoms with Crippen LogP contribution >= 0.6 is 11.3 Å². The fourth-order valence-corrected chi connectivity index (χ4v) is 5.00. The lowest BCUT2D eigenvalue weighted by Crippen LogP contribution is -2.30. The topological polar surface area (TPSA) is 81.8 Å². The third kappa shape index (κ3) is 4.26. The molecule has 0 bridgehead atoms. The number of halogens is 1. The fourth-order valence-electron chi connectivity index (χ4n) is 4.27.